The second-order valence-electron chi connectivity index (χ2n) is 9.13. The van der Waals surface area contributed by atoms with Crippen molar-refractivity contribution >= 4 is 18.1 Å². The second-order valence-corrected chi connectivity index (χ2v) is 9.13. The van der Waals surface area contributed by atoms with Crippen LogP contribution < -0.4 is 5.43 Å². The standard InChI is InChI=1S/C31H29N3O4/c1-2-37-31(36)26-13-11-24(12-14-26)29-16-15-28(38-29)19-32-33-30(35)25-9-7-22(8-10-25)20-34-18-17-23-5-3-4-6-27(23)21-34/h3-16,19H,2,17-18,20-21H2,1H3,(H,33,35)/b32-19-. The van der Waals surface area contributed by atoms with Crippen LogP contribution in [0.4, 0.5) is 0 Å². The predicted molar refractivity (Wildman–Crippen MR) is 146 cm³/mol. The molecule has 2 heterocycles. The summed E-state index contributed by atoms with van der Waals surface area (Å²) in [6, 6.07) is 26.8. The smallest absolute Gasteiger partial charge is 0.338 e. The number of esters is 1. The van der Waals surface area contributed by atoms with Gasteiger partial charge in [-0.25, -0.2) is 10.2 Å². The van der Waals surface area contributed by atoms with Gasteiger partial charge in [0.25, 0.3) is 5.91 Å². The van der Waals surface area contributed by atoms with Gasteiger partial charge in [0.15, 0.2) is 0 Å². The number of fused-ring (bicyclic) bond motifs is 1. The van der Waals surface area contributed by atoms with Crippen LogP contribution in [0.3, 0.4) is 0 Å². The van der Waals surface area contributed by atoms with Gasteiger partial charge in [-0.3, -0.25) is 9.69 Å². The molecular weight excluding hydrogens is 478 g/mol. The summed E-state index contributed by atoms with van der Waals surface area (Å²) in [4.78, 5) is 26.8. The first kappa shape index (κ1) is 25.2. The first-order valence-electron chi connectivity index (χ1n) is 12.7. The number of hydrogen-bond donors (Lipinski definition) is 1. The Kier molecular flexibility index (Phi) is 7.75. The van der Waals surface area contributed by atoms with E-state index in [2.05, 4.69) is 39.7 Å². The van der Waals surface area contributed by atoms with Crippen LogP contribution in [0.2, 0.25) is 0 Å². The highest BCUT2D eigenvalue weighted by atomic mass is 16.5. The Morgan fingerprint density at radius 2 is 1.68 bits per heavy atom. The van der Waals surface area contributed by atoms with Crippen LogP contribution in [0.1, 0.15) is 50.1 Å². The van der Waals surface area contributed by atoms with Crippen LogP contribution in [0.15, 0.2) is 94.4 Å². The van der Waals surface area contributed by atoms with E-state index in [0.717, 1.165) is 31.6 Å². The number of rotatable bonds is 8. The summed E-state index contributed by atoms with van der Waals surface area (Å²) in [5.74, 6) is 0.472. The Morgan fingerprint density at radius 3 is 2.45 bits per heavy atom. The lowest BCUT2D eigenvalue weighted by atomic mass is 9.99. The molecule has 1 amide bonds. The fourth-order valence-electron chi connectivity index (χ4n) is 4.49. The van der Waals surface area contributed by atoms with E-state index >= 15 is 0 Å². The van der Waals surface area contributed by atoms with Gasteiger partial charge in [0.1, 0.15) is 11.5 Å². The Labute approximate surface area is 221 Å². The number of benzene rings is 3. The highest BCUT2D eigenvalue weighted by molar-refractivity contribution is 5.94. The summed E-state index contributed by atoms with van der Waals surface area (Å²) in [6.07, 6.45) is 2.52. The maximum atomic E-state index is 12.5. The maximum absolute atomic E-state index is 12.5. The van der Waals surface area contributed by atoms with Gasteiger partial charge in [0.2, 0.25) is 0 Å². The zero-order valence-electron chi connectivity index (χ0n) is 21.2. The van der Waals surface area contributed by atoms with Crippen molar-refractivity contribution < 1.29 is 18.7 Å². The number of ether oxygens (including phenoxy) is 1. The molecule has 0 fully saturated rings. The number of amides is 1. The summed E-state index contributed by atoms with van der Waals surface area (Å²) >= 11 is 0. The van der Waals surface area contributed by atoms with Gasteiger partial charge in [-0.15, -0.1) is 0 Å². The van der Waals surface area contributed by atoms with Crippen LogP contribution in [0.25, 0.3) is 11.3 Å². The SMILES string of the molecule is CCOC(=O)c1ccc(-c2ccc(/C=N\NC(=O)c3ccc(CN4CCc5ccccc5C4)cc3)o2)cc1. The van der Waals surface area contributed by atoms with E-state index < -0.39 is 0 Å². The third-order valence-corrected chi connectivity index (χ3v) is 6.50. The molecule has 0 spiro atoms. The van der Waals surface area contributed by atoms with Gasteiger partial charge >= 0.3 is 5.97 Å². The van der Waals surface area contributed by atoms with Crippen molar-refractivity contribution in [2.45, 2.75) is 26.4 Å². The largest absolute Gasteiger partial charge is 0.462 e. The average Bonchev–Trinajstić information content (AvgIpc) is 3.42. The first-order valence-corrected chi connectivity index (χ1v) is 12.7. The summed E-state index contributed by atoms with van der Waals surface area (Å²) < 4.78 is 10.8. The number of carbonyl (C=O) groups excluding carboxylic acids is 2. The number of carbonyl (C=O) groups is 2. The number of nitrogens with zero attached hydrogens (tertiary/aromatic N) is 2. The minimum absolute atomic E-state index is 0.291. The van der Waals surface area contributed by atoms with Crippen LogP contribution in [0.5, 0.6) is 0 Å². The molecule has 4 aromatic rings. The third kappa shape index (κ3) is 6.07. The van der Waals surface area contributed by atoms with E-state index in [1.165, 1.54) is 22.9 Å². The van der Waals surface area contributed by atoms with Crippen molar-refractivity contribution in [3.8, 4) is 11.3 Å². The van der Waals surface area contributed by atoms with E-state index in [1.807, 2.05) is 30.3 Å². The number of furan rings is 1. The molecule has 3 aromatic carbocycles. The molecule has 0 radical (unpaired) electrons. The summed E-state index contributed by atoms with van der Waals surface area (Å²) in [5, 5.41) is 4.03. The maximum Gasteiger partial charge on any atom is 0.338 e. The highest BCUT2D eigenvalue weighted by Crippen LogP contribution is 2.23. The van der Waals surface area contributed by atoms with Crippen molar-refractivity contribution in [2.75, 3.05) is 13.2 Å². The van der Waals surface area contributed by atoms with E-state index in [0.29, 0.717) is 29.3 Å². The Balaban J connectivity index is 1.13. The third-order valence-electron chi connectivity index (χ3n) is 6.50. The van der Waals surface area contributed by atoms with Crippen molar-refractivity contribution in [1.29, 1.82) is 0 Å². The molecule has 0 saturated carbocycles. The van der Waals surface area contributed by atoms with Gasteiger partial charge < -0.3 is 9.15 Å². The topological polar surface area (TPSA) is 84.1 Å². The minimum atomic E-state index is -0.357. The van der Waals surface area contributed by atoms with Gasteiger partial charge in [-0.1, -0.05) is 48.5 Å². The van der Waals surface area contributed by atoms with Gasteiger partial charge in [-0.05, 0) is 66.4 Å². The molecule has 1 aromatic heterocycles. The first-order chi connectivity index (χ1) is 18.6. The molecule has 0 aliphatic carbocycles. The normalized spacial score (nSPS) is 13.3. The van der Waals surface area contributed by atoms with E-state index in [-0.39, 0.29) is 11.9 Å². The van der Waals surface area contributed by atoms with E-state index in [4.69, 9.17) is 9.15 Å². The lowest BCUT2D eigenvalue weighted by Crippen LogP contribution is -2.30. The van der Waals surface area contributed by atoms with Gasteiger partial charge in [-0.2, -0.15) is 5.10 Å². The number of nitrogens with one attached hydrogen (secondary N) is 1. The van der Waals surface area contributed by atoms with E-state index in [1.54, 1.807) is 37.3 Å². The summed E-state index contributed by atoms with van der Waals surface area (Å²) in [7, 11) is 0. The Hall–Kier alpha value is -4.49. The van der Waals surface area contributed by atoms with Crippen molar-refractivity contribution in [2.24, 2.45) is 5.10 Å². The average molecular weight is 508 g/mol. The van der Waals surface area contributed by atoms with Gasteiger partial charge in [0, 0.05) is 30.8 Å². The molecule has 1 aliphatic heterocycles. The molecule has 7 nitrogen and oxygen atoms in total. The number of hydrazone groups is 1. The van der Waals surface area contributed by atoms with Crippen LogP contribution in [0, 0.1) is 0 Å². The monoisotopic (exact) mass is 507 g/mol. The minimum Gasteiger partial charge on any atom is -0.462 e. The zero-order valence-corrected chi connectivity index (χ0v) is 21.2. The van der Waals surface area contributed by atoms with Crippen molar-refractivity contribution in [3.05, 3.63) is 119 Å². The summed E-state index contributed by atoms with van der Waals surface area (Å²) in [6.45, 7) is 4.92. The van der Waals surface area contributed by atoms with Crippen molar-refractivity contribution in [1.82, 2.24) is 10.3 Å². The zero-order chi connectivity index (χ0) is 26.3. The fourth-order valence-corrected chi connectivity index (χ4v) is 4.49. The molecule has 0 saturated heterocycles. The lowest BCUT2D eigenvalue weighted by molar-refractivity contribution is 0.0526. The summed E-state index contributed by atoms with van der Waals surface area (Å²) in [5.41, 5.74) is 8.38. The van der Waals surface area contributed by atoms with Crippen LogP contribution in [-0.4, -0.2) is 36.1 Å². The molecule has 0 bridgehead atoms. The molecule has 1 N–H and O–H groups in total. The molecule has 0 atom stereocenters. The molecule has 38 heavy (non-hydrogen) atoms. The van der Waals surface area contributed by atoms with Crippen molar-refractivity contribution in [3.63, 3.8) is 0 Å². The van der Waals surface area contributed by atoms with Gasteiger partial charge in [0.05, 0.1) is 18.4 Å². The number of hydrogen-bond acceptors (Lipinski definition) is 6. The highest BCUT2D eigenvalue weighted by Gasteiger charge is 2.16. The fraction of sp³-hybridized carbons (Fsp3) is 0.194. The molecular formula is C31H29N3O4. The van der Waals surface area contributed by atoms with Crippen LogP contribution >= 0.6 is 0 Å². The molecule has 1 aliphatic rings. The Morgan fingerprint density at radius 1 is 0.947 bits per heavy atom. The van der Waals surface area contributed by atoms with Crippen LogP contribution in [-0.2, 0) is 24.2 Å². The predicted octanol–water partition coefficient (Wildman–Crippen LogP) is 5.45. The van der Waals surface area contributed by atoms with E-state index in [9.17, 15) is 9.59 Å². The quantitative estimate of drug-likeness (QED) is 0.195. The Bertz CT molecular complexity index is 1440. The lowest BCUT2D eigenvalue weighted by Gasteiger charge is -2.28. The molecule has 7 heteroatoms. The second kappa shape index (κ2) is 11.7. The molecule has 0 unspecified atom stereocenters. The molecule has 5 rings (SSSR count). The molecule has 192 valence electrons.